The maximum atomic E-state index is 12.8. The average molecular weight is 402 g/mol. The van der Waals surface area contributed by atoms with Gasteiger partial charge in [0.1, 0.15) is 0 Å². The zero-order chi connectivity index (χ0) is 21.3. The van der Waals surface area contributed by atoms with Gasteiger partial charge in [-0.1, -0.05) is 18.2 Å². The number of hydrogen-bond acceptors (Lipinski definition) is 4. The van der Waals surface area contributed by atoms with Gasteiger partial charge in [0.15, 0.2) is 0 Å². The number of aromatic nitrogens is 2. The van der Waals surface area contributed by atoms with Crippen molar-refractivity contribution in [1.82, 2.24) is 9.78 Å². The summed E-state index contributed by atoms with van der Waals surface area (Å²) in [6, 6.07) is 16.1. The number of para-hydroxylation sites is 1. The Morgan fingerprint density at radius 1 is 0.900 bits per heavy atom. The van der Waals surface area contributed by atoms with E-state index in [2.05, 4.69) is 15.7 Å². The predicted octanol–water partition coefficient (Wildman–Crippen LogP) is 3.66. The van der Waals surface area contributed by atoms with E-state index in [-0.39, 0.29) is 11.8 Å². The van der Waals surface area contributed by atoms with Crippen LogP contribution in [0.3, 0.4) is 0 Å². The van der Waals surface area contributed by atoms with E-state index in [9.17, 15) is 14.4 Å². The lowest BCUT2D eigenvalue weighted by Crippen LogP contribution is -2.24. The van der Waals surface area contributed by atoms with Gasteiger partial charge >= 0.3 is 0 Å². The molecule has 152 valence electrons. The standard InChI is InChI=1S/C23H22N4O3/c1-14-20(15(2)27(26-14)19-6-4-3-5-7-19)21(28)23(30)25-18-12-10-17(11-13-18)24-22(29)16-8-9-16/h3-7,10-13,16H,8-9H2,1-2H3,(H,24,29)(H,25,30). The molecule has 1 heterocycles. The van der Waals surface area contributed by atoms with Crippen LogP contribution >= 0.6 is 0 Å². The first-order chi connectivity index (χ1) is 14.4. The number of amides is 2. The molecule has 1 aliphatic carbocycles. The van der Waals surface area contributed by atoms with Crippen molar-refractivity contribution in [1.29, 1.82) is 0 Å². The second-order valence-corrected chi connectivity index (χ2v) is 7.42. The van der Waals surface area contributed by atoms with Crippen LogP contribution in [0.5, 0.6) is 0 Å². The Hall–Kier alpha value is -3.74. The van der Waals surface area contributed by atoms with Gasteiger partial charge in [-0.05, 0) is 63.1 Å². The lowest BCUT2D eigenvalue weighted by Gasteiger charge is -2.08. The van der Waals surface area contributed by atoms with Gasteiger partial charge in [-0.3, -0.25) is 14.4 Å². The van der Waals surface area contributed by atoms with Gasteiger partial charge in [0.25, 0.3) is 11.7 Å². The Morgan fingerprint density at radius 3 is 2.10 bits per heavy atom. The fraction of sp³-hybridized carbons (Fsp3) is 0.217. The molecule has 0 unspecified atom stereocenters. The van der Waals surface area contributed by atoms with Crippen LogP contribution in [0.1, 0.15) is 34.6 Å². The number of aryl methyl sites for hydroxylation is 1. The number of nitrogens with one attached hydrogen (secondary N) is 2. The first kappa shape index (κ1) is 19.6. The van der Waals surface area contributed by atoms with E-state index >= 15 is 0 Å². The summed E-state index contributed by atoms with van der Waals surface area (Å²) in [7, 11) is 0. The molecule has 4 rings (SSSR count). The summed E-state index contributed by atoms with van der Waals surface area (Å²) in [5.74, 6) is -1.24. The van der Waals surface area contributed by atoms with Crippen LogP contribution in [0.2, 0.25) is 0 Å². The molecule has 2 N–H and O–H groups in total. The summed E-state index contributed by atoms with van der Waals surface area (Å²) < 4.78 is 1.66. The van der Waals surface area contributed by atoms with Gasteiger partial charge in [-0.25, -0.2) is 4.68 Å². The number of rotatable bonds is 6. The predicted molar refractivity (Wildman–Crippen MR) is 114 cm³/mol. The van der Waals surface area contributed by atoms with Crippen molar-refractivity contribution in [3.63, 3.8) is 0 Å². The van der Waals surface area contributed by atoms with E-state index in [1.165, 1.54) is 0 Å². The molecule has 0 spiro atoms. The minimum atomic E-state index is -0.733. The van der Waals surface area contributed by atoms with Crippen LogP contribution in [0.4, 0.5) is 11.4 Å². The zero-order valence-electron chi connectivity index (χ0n) is 16.8. The van der Waals surface area contributed by atoms with Crippen molar-refractivity contribution in [3.05, 3.63) is 71.5 Å². The normalized spacial score (nSPS) is 13.0. The van der Waals surface area contributed by atoms with Crippen LogP contribution in [0, 0.1) is 19.8 Å². The summed E-state index contributed by atoms with van der Waals surface area (Å²) >= 11 is 0. The third-order valence-corrected chi connectivity index (χ3v) is 5.08. The Balaban J connectivity index is 1.47. The Morgan fingerprint density at radius 2 is 1.50 bits per heavy atom. The largest absolute Gasteiger partial charge is 0.326 e. The molecule has 1 aliphatic rings. The number of carbonyl (C=O) groups excluding carboxylic acids is 3. The van der Waals surface area contributed by atoms with Gasteiger partial charge in [0.05, 0.1) is 22.6 Å². The van der Waals surface area contributed by atoms with Crippen molar-refractivity contribution in [3.8, 4) is 5.69 Å². The number of benzene rings is 2. The highest BCUT2D eigenvalue weighted by atomic mass is 16.2. The summed E-state index contributed by atoms with van der Waals surface area (Å²) in [5.41, 5.74) is 3.35. The summed E-state index contributed by atoms with van der Waals surface area (Å²) in [4.78, 5) is 37.2. The number of Topliss-reactive ketones (excluding diaryl/α,β-unsaturated/α-hetero) is 1. The SMILES string of the molecule is Cc1nn(-c2ccccc2)c(C)c1C(=O)C(=O)Nc1ccc(NC(=O)C2CC2)cc1. The molecule has 1 saturated carbocycles. The third kappa shape index (κ3) is 4.00. The third-order valence-electron chi connectivity index (χ3n) is 5.08. The van der Waals surface area contributed by atoms with Crippen LogP contribution in [-0.2, 0) is 9.59 Å². The van der Waals surface area contributed by atoms with E-state index < -0.39 is 11.7 Å². The minimum Gasteiger partial charge on any atom is -0.326 e. The molecule has 0 bridgehead atoms. The molecular weight excluding hydrogens is 380 g/mol. The van der Waals surface area contributed by atoms with Crippen molar-refractivity contribution in [2.45, 2.75) is 26.7 Å². The highest BCUT2D eigenvalue weighted by molar-refractivity contribution is 6.47. The molecule has 7 nitrogen and oxygen atoms in total. The molecule has 2 amide bonds. The quantitative estimate of drug-likeness (QED) is 0.486. The molecular formula is C23H22N4O3. The molecule has 1 fully saturated rings. The van der Waals surface area contributed by atoms with E-state index in [1.54, 1.807) is 42.8 Å². The Bertz CT molecular complexity index is 1110. The van der Waals surface area contributed by atoms with Crippen LogP contribution < -0.4 is 10.6 Å². The Labute approximate surface area is 174 Å². The monoisotopic (exact) mass is 402 g/mol. The van der Waals surface area contributed by atoms with E-state index in [1.807, 2.05) is 30.3 Å². The maximum Gasteiger partial charge on any atom is 0.296 e. The molecule has 30 heavy (non-hydrogen) atoms. The second-order valence-electron chi connectivity index (χ2n) is 7.42. The molecule has 0 radical (unpaired) electrons. The van der Waals surface area contributed by atoms with Gasteiger partial charge in [0, 0.05) is 17.3 Å². The zero-order valence-corrected chi connectivity index (χ0v) is 16.8. The summed E-state index contributed by atoms with van der Waals surface area (Å²) in [6.07, 6.45) is 1.86. The number of nitrogens with zero attached hydrogens (tertiary/aromatic N) is 2. The number of anilines is 2. The van der Waals surface area contributed by atoms with Crippen molar-refractivity contribution in [2.24, 2.45) is 5.92 Å². The number of hydrogen-bond donors (Lipinski definition) is 2. The van der Waals surface area contributed by atoms with Crippen LogP contribution in [0.15, 0.2) is 54.6 Å². The van der Waals surface area contributed by atoms with Crippen molar-refractivity contribution >= 4 is 29.0 Å². The number of carbonyl (C=O) groups is 3. The lowest BCUT2D eigenvalue weighted by atomic mass is 10.1. The van der Waals surface area contributed by atoms with E-state index in [4.69, 9.17) is 0 Å². The first-order valence-electron chi connectivity index (χ1n) is 9.82. The molecule has 2 aromatic carbocycles. The number of ketones is 1. The van der Waals surface area contributed by atoms with Crippen LogP contribution in [0.25, 0.3) is 5.69 Å². The second kappa shape index (κ2) is 7.94. The molecule has 3 aromatic rings. The molecule has 0 aliphatic heterocycles. The van der Waals surface area contributed by atoms with Gasteiger partial charge in [-0.2, -0.15) is 5.10 Å². The van der Waals surface area contributed by atoms with E-state index in [0.29, 0.717) is 28.3 Å². The smallest absolute Gasteiger partial charge is 0.296 e. The van der Waals surface area contributed by atoms with E-state index in [0.717, 1.165) is 18.5 Å². The minimum absolute atomic E-state index is 0.0170. The summed E-state index contributed by atoms with van der Waals surface area (Å²) in [6.45, 7) is 3.48. The fourth-order valence-electron chi connectivity index (χ4n) is 3.32. The van der Waals surface area contributed by atoms with Gasteiger partial charge in [-0.15, -0.1) is 0 Å². The maximum absolute atomic E-state index is 12.8. The van der Waals surface area contributed by atoms with Crippen LogP contribution in [-0.4, -0.2) is 27.4 Å². The van der Waals surface area contributed by atoms with Gasteiger partial charge < -0.3 is 10.6 Å². The lowest BCUT2D eigenvalue weighted by molar-refractivity contribution is -0.117. The molecule has 0 saturated heterocycles. The summed E-state index contributed by atoms with van der Waals surface area (Å²) in [5, 5.41) is 9.88. The molecule has 7 heteroatoms. The molecule has 0 atom stereocenters. The topological polar surface area (TPSA) is 93.1 Å². The van der Waals surface area contributed by atoms with Crippen molar-refractivity contribution in [2.75, 3.05) is 10.6 Å². The highest BCUT2D eigenvalue weighted by Crippen LogP contribution is 2.30. The molecule has 1 aromatic heterocycles. The van der Waals surface area contributed by atoms with Crippen molar-refractivity contribution < 1.29 is 14.4 Å². The highest BCUT2D eigenvalue weighted by Gasteiger charge is 2.29. The van der Waals surface area contributed by atoms with Gasteiger partial charge in [0.2, 0.25) is 5.91 Å². The first-order valence-corrected chi connectivity index (χ1v) is 9.82. The Kier molecular flexibility index (Phi) is 5.18. The fourth-order valence-corrected chi connectivity index (χ4v) is 3.32. The average Bonchev–Trinajstić information content (AvgIpc) is 3.55.